The van der Waals surface area contributed by atoms with Gasteiger partial charge in [-0.2, -0.15) is 10.1 Å². The zero-order chi connectivity index (χ0) is 10.3. The first-order valence-corrected chi connectivity index (χ1v) is 5.93. The minimum atomic E-state index is 0.363. The van der Waals surface area contributed by atoms with Crippen LogP contribution in [0.15, 0.2) is 17.5 Å². The van der Waals surface area contributed by atoms with E-state index in [1.54, 1.807) is 11.3 Å². The molecule has 1 aliphatic rings. The summed E-state index contributed by atoms with van der Waals surface area (Å²) < 4.78 is 2.00. The normalized spacial score (nSPS) is 19.7. The Hall–Kier alpha value is -1.36. The van der Waals surface area contributed by atoms with Crippen molar-refractivity contribution in [2.75, 3.05) is 11.9 Å². The molecule has 0 saturated heterocycles. The van der Waals surface area contributed by atoms with Gasteiger partial charge < -0.3 is 5.32 Å². The van der Waals surface area contributed by atoms with E-state index in [2.05, 4.69) is 32.9 Å². The Kier molecular flexibility index (Phi) is 1.98. The molecule has 0 aromatic carbocycles. The Bertz CT molecular complexity index is 460. The molecular weight excluding hydrogens is 208 g/mol. The largest absolute Gasteiger partial charge is 0.354 e. The number of aryl methyl sites for hydroxylation is 1. The molecule has 0 saturated carbocycles. The molecule has 15 heavy (non-hydrogen) atoms. The highest BCUT2D eigenvalue weighted by molar-refractivity contribution is 7.10. The molecule has 1 unspecified atom stereocenters. The van der Waals surface area contributed by atoms with Crippen molar-refractivity contribution < 1.29 is 0 Å². The summed E-state index contributed by atoms with van der Waals surface area (Å²) in [6.07, 6.45) is 1.08. The van der Waals surface area contributed by atoms with Crippen molar-refractivity contribution in [3.05, 3.63) is 28.2 Å². The fourth-order valence-corrected chi connectivity index (χ4v) is 2.80. The van der Waals surface area contributed by atoms with Gasteiger partial charge in [0, 0.05) is 11.4 Å². The van der Waals surface area contributed by atoms with Crippen LogP contribution in [0.5, 0.6) is 0 Å². The summed E-state index contributed by atoms with van der Waals surface area (Å²) in [5.41, 5.74) is 0. The molecule has 1 atom stereocenters. The van der Waals surface area contributed by atoms with E-state index in [0.29, 0.717) is 6.04 Å². The predicted octanol–water partition coefficient (Wildman–Crippen LogP) is 2.05. The molecule has 78 valence electrons. The van der Waals surface area contributed by atoms with E-state index in [1.807, 2.05) is 11.6 Å². The minimum Gasteiger partial charge on any atom is -0.354 e. The molecule has 1 N–H and O–H groups in total. The first-order chi connectivity index (χ1) is 7.34. The summed E-state index contributed by atoms with van der Waals surface area (Å²) in [5, 5.41) is 9.82. The molecule has 3 rings (SSSR count). The third-order valence-electron chi connectivity index (χ3n) is 2.60. The van der Waals surface area contributed by atoms with Gasteiger partial charge in [-0.1, -0.05) is 6.07 Å². The Morgan fingerprint density at radius 2 is 2.53 bits per heavy atom. The van der Waals surface area contributed by atoms with Crippen LogP contribution in [-0.4, -0.2) is 21.3 Å². The second-order valence-electron chi connectivity index (χ2n) is 3.67. The van der Waals surface area contributed by atoms with Crippen molar-refractivity contribution in [3.63, 3.8) is 0 Å². The third kappa shape index (κ3) is 1.43. The van der Waals surface area contributed by atoms with E-state index in [4.69, 9.17) is 0 Å². The van der Waals surface area contributed by atoms with Gasteiger partial charge in [0.15, 0.2) is 0 Å². The molecule has 0 spiro atoms. The number of nitrogens with one attached hydrogen (secondary N) is 1. The number of nitrogens with zero attached hydrogens (tertiary/aromatic N) is 3. The van der Waals surface area contributed by atoms with E-state index < -0.39 is 0 Å². The molecule has 0 fully saturated rings. The molecule has 0 aliphatic carbocycles. The minimum absolute atomic E-state index is 0.363. The highest BCUT2D eigenvalue weighted by Gasteiger charge is 2.23. The van der Waals surface area contributed by atoms with Gasteiger partial charge >= 0.3 is 0 Å². The molecule has 2 aromatic heterocycles. The quantitative estimate of drug-likeness (QED) is 0.800. The molecule has 5 heteroatoms. The third-order valence-corrected chi connectivity index (χ3v) is 3.58. The molecule has 3 heterocycles. The van der Waals surface area contributed by atoms with Crippen molar-refractivity contribution in [2.24, 2.45) is 0 Å². The number of hydrogen-bond donors (Lipinski definition) is 1. The summed E-state index contributed by atoms with van der Waals surface area (Å²) in [6.45, 7) is 2.90. The topological polar surface area (TPSA) is 42.7 Å². The van der Waals surface area contributed by atoms with E-state index >= 15 is 0 Å². The number of rotatable bonds is 1. The molecule has 0 radical (unpaired) electrons. The van der Waals surface area contributed by atoms with E-state index in [9.17, 15) is 0 Å². The van der Waals surface area contributed by atoms with E-state index in [1.165, 1.54) is 4.88 Å². The predicted molar refractivity (Wildman–Crippen MR) is 60.3 cm³/mol. The van der Waals surface area contributed by atoms with Gasteiger partial charge in [-0.05, 0) is 24.8 Å². The Morgan fingerprint density at radius 3 is 3.33 bits per heavy atom. The Morgan fingerprint density at radius 1 is 1.60 bits per heavy atom. The maximum Gasteiger partial charge on any atom is 0.221 e. The lowest BCUT2D eigenvalue weighted by molar-refractivity contribution is 0.485. The standard InChI is InChI=1S/C10H12N4S/c1-7-12-10-11-5-4-8(14(10)13-7)9-3-2-6-15-9/h2-3,6,8H,4-5H2,1H3,(H,11,12,13). The van der Waals surface area contributed by atoms with Gasteiger partial charge in [0.1, 0.15) is 5.82 Å². The van der Waals surface area contributed by atoms with Gasteiger partial charge in [0.05, 0.1) is 6.04 Å². The number of anilines is 1. The van der Waals surface area contributed by atoms with Gasteiger partial charge in [-0.15, -0.1) is 11.3 Å². The van der Waals surface area contributed by atoms with Crippen LogP contribution in [0.2, 0.25) is 0 Å². The zero-order valence-electron chi connectivity index (χ0n) is 8.47. The number of thiophene rings is 1. The molecular formula is C10H12N4S. The van der Waals surface area contributed by atoms with Crippen molar-refractivity contribution in [1.29, 1.82) is 0 Å². The van der Waals surface area contributed by atoms with Crippen LogP contribution in [0.3, 0.4) is 0 Å². The first kappa shape index (κ1) is 8.91. The SMILES string of the molecule is Cc1nc2n(n1)C(c1cccs1)CCN2. The molecule has 4 nitrogen and oxygen atoms in total. The summed E-state index contributed by atoms with van der Waals surface area (Å²) in [6, 6.07) is 4.62. The average Bonchev–Trinajstić information content (AvgIpc) is 2.82. The van der Waals surface area contributed by atoms with Crippen molar-refractivity contribution in [1.82, 2.24) is 14.8 Å². The summed E-state index contributed by atoms with van der Waals surface area (Å²) in [7, 11) is 0. The lowest BCUT2D eigenvalue weighted by atomic mass is 10.1. The van der Waals surface area contributed by atoms with Crippen LogP contribution in [0, 0.1) is 6.92 Å². The maximum atomic E-state index is 4.44. The molecule has 0 bridgehead atoms. The van der Waals surface area contributed by atoms with Crippen molar-refractivity contribution >= 4 is 17.3 Å². The van der Waals surface area contributed by atoms with Crippen LogP contribution in [0.4, 0.5) is 5.95 Å². The summed E-state index contributed by atoms with van der Waals surface area (Å²) in [5.74, 6) is 1.73. The molecule has 0 amide bonds. The van der Waals surface area contributed by atoms with Gasteiger partial charge in [-0.3, -0.25) is 0 Å². The number of aromatic nitrogens is 3. The Labute approximate surface area is 92.0 Å². The van der Waals surface area contributed by atoms with Crippen LogP contribution in [0.25, 0.3) is 0 Å². The second kappa shape index (κ2) is 3.34. The molecule has 2 aromatic rings. The summed E-state index contributed by atoms with van der Waals surface area (Å²) >= 11 is 1.79. The average molecular weight is 220 g/mol. The lowest BCUT2D eigenvalue weighted by Crippen LogP contribution is -2.24. The van der Waals surface area contributed by atoms with Crippen LogP contribution >= 0.6 is 11.3 Å². The number of hydrogen-bond acceptors (Lipinski definition) is 4. The van der Waals surface area contributed by atoms with E-state index in [0.717, 1.165) is 24.7 Å². The molecule has 1 aliphatic heterocycles. The van der Waals surface area contributed by atoms with E-state index in [-0.39, 0.29) is 0 Å². The fraction of sp³-hybridized carbons (Fsp3) is 0.400. The van der Waals surface area contributed by atoms with Crippen LogP contribution in [0.1, 0.15) is 23.2 Å². The summed E-state index contributed by atoms with van der Waals surface area (Å²) in [4.78, 5) is 5.72. The fourth-order valence-electron chi connectivity index (χ4n) is 1.95. The smallest absolute Gasteiger partial charge is 0.221 e. The van der Waals surface area contributed by atoms with Crippen LogP contribution in [-0.2, 0) is 0 Å². The monoisotopic (exact) mass is 220 g/mol. The Balaban J connectivity index is 2.06. The van der Waals surface area contributed by atoms with Crippen molar-refractivity contribution in [2.45, 2.75) is 19.4 Å². The van der Waals surface area contributed by atoms with Crippen LogP contribution < -0.4 is 5.32 Å². The highest BCUT2D eigenvalue weighted by atomic mass is 32.1. The lowest BCUT2D eigenvalue weighted by Gasteiger charge is -2.23. The second-order valence-corrected chi connectivity index (χ2v) is 4.65. The van der Waals surface area contributed by atoms with Gasteiger partial charge in [0.2, 0.25) is 5.95 Å². The first-order valence-electron chi connectivity index (χ1n) is 5.05. The van der Waals surface area contributed by atoms with Crippen molar-refractivity contribution in [3.8, 4) is 0 Å². The number of fused-ring (bicyclic) bond motifs is 1. The van der Waals surface area contributed by atoms with Gasteiger partial charge in [-0.25, -0.2) is 4.68 Å². The van der Waals surface area contributed by atoms with Gasteiger partial charge in [0.25, 0.3) is 0 Å². The highest BCUT2D eigenvalue weighted by Crippen LogP contribution is 2.30. The zero-order valence-corrected chi connectivity index (χ0v) is 9.29. The maximum absolute atomic E-state index is 4.44.